The van der Waals surface area contributed by atoms with Gasteiger partial charge in [0.1, 0.15) is 0 Å². The monoisotopic (exact) mass is 332 g/mol. The minimum absolute atomic E-state index is 0.0354. The Balaban J connectivity index is 2.67. The van der Waals surface area contributed by atoms with Gasteiger partial charge in [0.05, 0.1) is 22.3 Å². The average Bonchev–Trinajstić information content (AvgIpc) is 2.39. The minimum Gasteiger partial charge on any atom is -0.481 e. The van der Waals surface area contributed by atoms with Crippen LogP contribution in [0, 0.1) is 0 Å². The molecule has 116 valence electrons. The highest BCUT2D eigenvalue weighted by atomic mass is 35.5. The van der Waals surface area contributed by atoms with Gasteiger partial charge in [0, 0.05) is 17.5 Å². The van der Waals surface area contributed by atoms with Gasteiger partial charge in [-0.25, -0.2) is 0 Å². The number of nitrogens with one attached hydrogen (secondary N) is 1. The first kappa shape index (κ1) is 17.8. The Morgan fingerprint density at radius 2 is 1.81 bits per heavy atom. The molecule has 0 fully saturated rings. The molecule has 7 heteroatoms. The molecular formula is C14H18Cl2N2O3. The number of ketones is 1. The predicted molar refractivity (Wildman–Crippen MR) is 84.2 cm³/mol. The second-order valence-corrected chi connectivity index (χ2v) is 6.22. The molecule has 5 nitrogen and oxygen atoms in total. The second kappa shape index (κ2) is 7.11. The van der Waals surface area contributed by atoms with Crippen molar-refractivity contribution in [1.82, 2.24) is 5.32 Å². The van der Waals surface area contributed by atoms with Crippen LogP contribution in [0.2, 0.25) is 10.0 Å². The number of rotatable bonds is 7. The lowest BCUT2D eigenvalue weighted by Crippen LogP contribution is -2.42. The zero-order valence-electron chi connectivity index (χ0n) is 11.9. The average molecular weight is 333 g/mol. The third kappa shape index (κ3) is 5.53. The standard InChI is InChI=1S/C14H18Cl2N2O3/c1-14(2,4-3-12(20)21)18-7-11(19)8-5-9(15)13(17)10(16)6-8/h5-6,18H,3-4,7,17H2,1-2H3,(H,20,21). The first-order chi connectivity index (χ1) is 9.62. The number of nitrogen functional groups attached to an aromatic ring is 1. The van der Waals surface area contributed by atoms with E-state index in [1.165, 1.54) is 12.1 Å². The van der Waals surface area contributed by atoms with Gasteiger partial charge in [-0.15, -0.1) is 0 Å². The quantitative estimate of drug-likeness (QED) is 0.527. The molecule has 0 aliphatic rings. The molecule has 0 aliphatic heterocycles. The van der Waals surface area contributed by atoms with E-state index in [0.717, 1.165) is 0 Å². The van der Waals surface area contributed by atoms with E-state index >= 15 is 0 Å². The molecule has 0 aliphatic carbocycles. The van der Waals surface area contributed by atoms with E-state index in [1.54, 1.807) is 0 Å². The van der Waals surface area contributed by atoms with Crippen molar-refractivity contribution in [2.45, 2.75) is 32.2 Å². The number of halogens is 2. The molecule has 0 radical (unpaired) electrons. The van der Waals surface area contributed by atoms with Gasteiger partial charge in [-0.3, -0.25) is 9.59 Å². The molecule has 0 saturated carbocycles. The number of anilines is 1. The molecule has 0 heterocycles. The van der Waals surface area contributed by atoms with Crippen LogP contribution >= 0.6 is 23.2 Å². The van der Waals surface area contributed by atoms with Crippen molar-refractivity contribution >= 4 is 40.6 Å². The molecule has 4 N–H and O–H groups in total. The van der Waals surface area contributed by atoms with Crippen molar-refractivity contribution in [3.8, 4) is 0 Å². The summed E-state index contributed by atoms with van der Waals surface area (Å²) in [7, 11) is 0. The van der Waals surface area contributed by atoms with Gasteiger partial charge in [0.2, 0.25) is 0 Å². The number of carbonyl (C=O) groups is 2. The molecule has 0 aromatic heterocycles. The Hall–Kier alpha value is -1.30. The van der Waals surface area contributed by atoms with Gasteiger partial charge in [0.25, 0.3) is 0 Å². The van der Waals surface area contributed by atoms with Gasteiger partial charge < -0.3 is 16.2 Å². The fourth-order valence-electron chi connectivity index (χ4n) is 1.67. The lowest BCUT2D eigenvalue weighted by atomic mass is 9.98. The first-order valence-electron chi connectivity index (χ1n) is 6.37. The molecule has 0 saturated heterocycles. The van der Waals surface area contributed by atoms with E-state index in [4.69, 9.17) is 34.0 Å². The summed E-state index contributed by atoms with van der Waals surface area (Å²) < 4.78 is 0. The molecule has 0 bridgehead atoms. The van der Waals surface area contributed by atoms with E-state index < -0.39 is 11.5 Å². The van der Waals surface area contributed by atoms with Crippen molar-refractivity contribution in [2.24, 2.45) is 0 Å². The van der Waals surface area contributed by atoms with Crippen molar-refractivity contribution < 1.29 is 14.7 Å². The van der Waals surface area contributed by atoms with E-state index in [-0.39, 0.29) is 34.5 Å². The Labute approximate surface area is 133 Å². The fourth-order valence-corrected chi connectivity index (χ4v) is 2.16. The van der Waals surface area contributed by atoms with Crippen LogP contribution in [0.25, 0.3) is 0 Å². The van der Waals surface area contributed by atoms with Crippen LogP contribution in [0.4, 0.5) is 5.69 Å². The number of carbonyl (C=O) groups excluding carboxylic acids is 1. The Bertz CT molecular complexity index is 536. The van der Waals surface area contributed by atoms with Crippen molar-refractivity contribution in [2.75, 3.05) is 12.3 Å². The maximum absolute atomic E-state index is 12.1. The molecule has 1 aromatic rings. The Morgan fingerprint density at radius 1 is 1.29 bits per heavy atom. The molecule has 1 aromatic carbocycles. The minimum atomic E-state index is -0.867. The zero-order chi connectivity index (χ0) is 16.2. The van der Waals surface area contributed by atoms with Crippen molar-refractivity contribution in [3.05, 3.63) is 27.7 Å². The topological polar surface area (TPSA) is 92.4 Å². The predicted octanol–water partition coefficient (Wildman–Crippen LogP) is 2.99. The van der Waals surface area contributed by atoms with Gasteiger partial charge in [0.15, 0.2) is 5.78 Å². The third-order valence-corrected chi connectivity index (χ3v) is 3.72. The highest BCUT2D eigenvalue weighted by Crippen LogP contribution is 2.29. The highest BCUT2D eigenvalue weighted by molar-refractivity contribution is 6.39. The summed E-state index contributed by atoms with van der Waals surface area (Å²) in [5.74, 6) is -1.06. The second-order valence-electron chi connectivity index (χ2n) is 5.41. The number of carboxylic acids is 1. The number of hydrogen-bond donors (Lipinski definition) is 3. The number of Topliss-reactive ketones (excluding diaryl/α,β-unsaturated/α-hetero) is 1. The fraction of sp³-hybridized carbons (Fsp3) is 0.429. The highest BCUT2D eigenvalue weighted by Gasteiger charge is 2.20. The summed E-state index contributed by atoms with van der Waals surface area (Å²) in [5, 5.41) is 12.2. The SMILES string of the molecule is CC(C)(CCC(=O)O)NCC(=O)c1cc(Cl)c(N)c(Cl)c1. The number of nitrogens with two attached hydrogens (primary N) is 1. The van der Waals surface area contributed by atoms with Gasteiger partial charge in [-0.1, -0.05) is 23.2 Å². The van der Waals surface area contributed by atoms with E-state index in [0.29, 0.717) is 12.0 Å². The Morgan fingerprint density at radius 3 is 2.29 bits per heavy atom. The van der Waals surface area contributed by atoms with Crippen LogP contribution in [0.3, 0.4) is 0 Å². The number of aliphatic carboxylic acids is 1. The van der Waals surface area contributed by atoms with Gasteiger partial charge >= 0.3 is 5.97 Å². The molecular weight excluding hydrogens is 315 g/mol. The molecule has 0 spiro atoms. The smallest absolute Gasteiger partial charge is 0.303 e. The molecule has 0 amide bonds. The van der Waals surface area contributed by atoms with Crippen molar-refractivity contribution in [1.29, 1.82) is 0 Å². The number of benzene rings is 1. The number of carboxylic acid groups (broad SMARTS) is 1. The summed E-state index contributed by atoms with van der Waals surface area (Å²) in [6.07, 6.45) is 0.451. The van der Waals surface area contributed by atoms with Crippen LogP contribution < -0.4 is 11.1 Å². The van der Waals surface area contributed by atoms with Crippen LogP contribution in [0.5, 0.6) is 0 Å². The van der Waals surface area contributed by atoms with Crippen molar-refractivity contribution in [3.63, 3.8) is 0 Å². The molecule has 1 rings (SSSR count). The normalized spacial score (nSPS) is 11.4. The summed E-state index contributed by atoms with van der Waals surface area (Å²) in [4.78, 5) is 22.7. The Kier molecular flexibility index (Phi) is 6.01. The first-order valence-corrected chi connectivity index (χ1v) is 7.12. The third-order valence-electron chi connectivity index (χ3n) is 3.09. The summed E-state index contributed by atoms with van der Waals surface area (Å²) in [6, 6.07) is 2.94. The molecule has 0 unspecified atom stereocenters. The number of hydrogen-bond acceptors (Lipinski definition) is 4. The van der Waals surface area contributed by atoms with Gasteiger partial charge in [-0.2, -0.15) is 0 Å². The van der Waals surface area contributed by atoms with Gasteiger partial charge in [-0.05, 0) is 32.4 Å². The zero-order valence-corrected chi connectivity index (χ0v) is 13.4. The van der Waals surface area contributed by atoms with E-state index in [9.17, 15) is 9.59 Å². The van der Waals surface area contributed by atoms with Crippen LogP contribution in [0.1, 0.15) is 37.0 Å². The lowest BCUT2D eigenvalue weighted by molar-refractivity contribution is -0.137. The maximum Gasteiger partial charge on any atom is 0.303 e. The van der Waals surface area contributed by atoms with E-state index in [1.807, 2.05) is 13.8 Å². The molecule has 0 atom stereocenters. The van der Waals surface area contributed by atoms with E-state index in [2.05, 4.69) is 5.32 Å². The van der Waals surface area contributed by atoms with Crippen LogP contribution in [-0.4, -0.2) is 28.9 Å². The molecule has 21 heavy (non-hydrogen) atoms. The summed E-state index contributed by atoms with van der Waals surface area (Å²) in [5.41, 5.74) is 5.75. The maximum atomic E-state index is 12.1. The summed E-state index contributed by atoms with van der Waals surface area (Å²) >= 11 is 11.8. The van der Waals surface area contributed by atoms with Crippen LogP contribution in [-0.2, 0) is 4.79 Å². The largest absolute Gasteiger partial charge is 0.481 e. The lowest BCUT2D eigenvalue weighted by Gasteiger charge is -2.25. The summed E-state index contributed by atoms with van der Waals surface area (Å²) in [6.45, 7) is 3.74. The van der Waals surface area contributed by atoms with Crippen LogP contribution in [0.15, 0.2) is 12.1 Å².